The second kappa shape index (κ2) is 4.47. The van der Waals surface area contributed by atoms with E-state index >= 15 is 0 Å². The first-order valence-corrected chi connectivity index (χ1v) is 2.57. The van der Waals surface area contributed by atoms with Crippen LogP contribution < -0.4 is 0 Å². The smallest absolute Gasteiger partial charge is 0.0540 e. The molecule has 0 bridgehead atoms. The Kier molecular flexibility index (Phi) is 5.49. The molecule has 1 aliphatic rings. The van der Waals surface area contributed by atoms with Gasteiger partial charge in [0.1, 0.15) is 0 Å². The van der Waals surface area contributed by atoms with E-state index in [1.807, 2.05) is 0 Å². The van der Waals surface area contributed by atoms with E-state index in [0.29, 0.717) is 0 Å². The van der Waals surface area contributed by atoms with Crippen LogP contribution in [-0.2, 0) is 0 Å². The molecule has 0 saturated heterocycles. The molecule has 1 saturated carbocycles. The number of rotatable bonds is 0. The van der Waals surface area contributed by atoms with Crippen molar-refractivity contribution in [1.82, 2.24) is 0 Å². The predicted molar refractivity (Wildman–Crippen MR) is 30.2 cm³/mol. The summed E-state index contributed by atoms with van der Waals surface area (Å²) in [4.78, 5) is 0. The minimum atomic E-state index is 0. The molecule has 1 N–H and O–H groups in total. The number of aliphatic hydroxyl groups excluding tert-OH is 1. The standard InChI is InChI=1S/C5H10O.K/c6-5-3-1-2-4-5;/h5-6H,1-4H2;. The Morgan fingerprint density at radius 3 is 1.71 bits per heavy atom. The number of aliphatic hydroxyl groups is 1. The molecule has 0 spiro atoms. The summed E-state index contributed by atoms with van der Waals surface area (Å²) in [5.41, 5.74) is 0. The van der Waals surface area contributed by atoms with Gasteiger partial charge in [0, 0.05) is 51.4 Å². The molecular formula is C5H10KO. The molecule has 0 atom stereocenters. The minimum Gasteiger partial charge on any atom is -0.393 e. The van der Waals surface area contributed by atoms with Crippen molar-refractivity contribution in [1.29, 1.82) is 0 Å². The van der Waals surface area contributed by atoms with Gasteiger partial charge in [0.15, 0.2) is 0 Å². The quantitative estimate of drug-likeness (QED) is 0.468. The van der Waals surface area contributed by atoms with E-state index in [9.17, 15) is 0 Å². The van der Waals surface area contributed by atoms with Crippen molar-refractivity contribution in [2.75, 3.05) is 0 Å². The van der Waals surface area contributed by atoms with Crippen LogP contribution >= 0.6 is 0 Å². The fraction of sp³-hybridized carbons (Fsp3) is 1.00. The Hall–Kier alpha value is 1.60. The molecule has 1 nitrogen and oxygen atoms in total. The topological polar surface area (TPSA) is 20.2 Å². The van der Waals surface area contributed by atoms with Gasteiger partial charge in [0.05, 0.1) is 6.10 Å². The van der Waals surface area contributed by atoms with E-state index in [1.165, 1.54) is 12.8 Å². The van der Waals surface area contributed by atoms with Crippen molar-refractivity contribution in [3.05, 3.63) is 0 Å². The second-order valence-corrected chi connectivity index (χ2v) is 1.94. The molecule has 0 aromatic heterocycles. The van der Waals surface area contributed by atoms with Gasteiger partial charge in [-0.3, -0.25) is 0 Å². The third kappa shape index (κ3) is 3.22. The molecule has 0 aromatic carbocycles. The van der Waals surface area contributed by atoms with Gasteiger partial charge in [-0.2, -0.15) is 0 Å². The molecule has 1 rings (SSSR count). The zero-order valence-electron chi connectivity index (χ0n) is 4.85. The molecule has 0 amide bonds. The van der Waals surface area contributed by atoms with Gasteiger partial charge < -0.3 is 5.11 Å². The molecule has 2 heteroatoms. The summed E-state index contributed by atoms with van der Waals surface area (Å²) in [6.45, 7) is 0. The maximum absolute atomic E-state index is 8.73. The van der Waals surface area contributed by atoms with Crippen molar-refractivity contribution < 1.29 is 5.11 Å². The number of hydrogen-bond acceptors (Lipinski definition) is 1. The zero-order valence-corrected chi connectivity index (χ0v) is 7.98. The molecule has 37 valence electrons. The fourth-order valence-corrected chi connectivity index (χ4v) is 0.904. The normalized spacial score (nSPS) is 21.9. The average Bonchev–Trinajstić information content (AvgIpc) is 1.86. The summed E-state index contributed by atoms with van der Waals surface area (Å²) in [7, 11) is 0. The van der Waals surface area contributed by atoms with Crippen molar-refractivity contribution in [2.24, 2.45) is 0 Å². The van der Waals surface area contributed by atoms with Crippen LogP contribution in [0.5, 0.6) is 0 Å². The van der Waals surface area contributed by atoms with Crippen molar-refractivity contribution in [2.45, 2.75) is 31.8 Å². The van der Waals surface area contributed by atoms with Crippen LogP contribution in [0.4, 0.5) is 0 Å². The summed E-state index contributed by atoms with van der Waals surface area (Å²) in [6, 6.07) is 0. The van der Waals surface area contributed by atoms with Gasteiger partial charge in [-0.1, -0.05) is 12.8 Å². The van der Waals surface area contributed by atoms with Gasteiger partial charge in [-0.15, -0.1) is 0 Å². The monoisotopic (exact) mass is 125 g/mol. The van der Waals surface area contributed by atoms with E-state index in [1.54, 1.807) is 0 Å². The number of hydrogen-bond donors (Lipinski definition) is 1. The van der Waals surface area contributed by atoms with E-state index in [-0.39, 0.29) is 57.5 Å². The predicted octanol–water partition coefficient (Wildman–Crippen LogP) is 0.540. The van der Waals surface area contributed by atoms with E-state index in [4.69, 9.17) is 5.11 Å². The van der Waals surface area contributed by atoms with Crippen molar-refractivity contribution >= 4 is 51.4 Å². The largest absolute Gasteiger partial charge is 0.393 e. The first kappa shape index (κ1) is 8.60. The molecule has 0 aromatic rings. The van der Waals surface area contributed by atoms with Crippen LogP contribution in [0, 0.1) is 0 Å². The molecular weight excluding hydrogens is 115 g/mol. The van der Waals surface area contributed by atoms with Gasteiger partial charge in [-0.05, 0) is 12.8 Å². The van der Waals surface area contributed by atoms with E-state index in [0.717, 1.165) is 12.8 Å². The molecule has 1 fully saturated rings. The van der Waals surface area contributed by atoms with Gasteiger partial charge in [0.25, 0.3) is 0 Å². The molecule has 7 heavy (non-hydrogen) atoms. The summed E-state index contributed by atoms with van der Waals surface area (Å²) in [5, 5.41) is 8.73. The summed E-state index contributed by atoms with van der Waals surface area (Å²) in [6.07, 6.45) is 4.60. The van der Waals surface area contributed by atoms with Crippen molar-refractivity contribution in [3.63, 3.8) is 0 Å². The third-order valence-electron chi connectivity index (χ3n) is 1.32. The molecule has 0 heterocycles. The maximum atomic E-state index is 8.73. The Morgan fingerprint density at radius 1 is 1.14 bits per heavy atom. The summed E-state index contributed by atoms with van der Waals surface area (Å²) < 4.78 is 0. The first-order valence-electron chi connectivity index (χ1n) is 2.57. The van der Waals surface area contributed by atoms with Gasteiger partial charge >= 0.3 is 0 Å². The molecule has 0 unspecified atom stereocenters. The molecule has 1 radical (unpaired) electrons. The minimum absolute atomic E-state index is 0. The molecule has 0 aliphatic heterocycles. The fourth-order valence-electron chi connectivity index (χ4n) is 0.904. The Labute approximate surface area is 86.9 Å². The van der Waals surface area contributed by atoms with Crippen molar-refractivity contribution in [3.8, 4) is 0 Å². The van der Waals surface area contributed by atoms with Crippen LogP contribution in [0.15, 0.2) is 0 Å². The summed E-state index contributed by atoms with van der Waals surface area (Å²) in [5.74, 6) is 0. The van der Waals surface area contributed by atoms with Crippen LogP contribution in [-0.4, -0.2) is 62.6 Å². The van der Waals surface area contributed by atoms with Crippen LogP contribution in [0.1, 0.15) is 25.7 Å². The van der Waals surface area contributed by atoms with Crippen LogP contribution in [0.25, 0.3) is 0 Å². The molecule has 1 aliphatic carbocycles. The average molecular weight is 125 g/mol. The first-order chi connectivity index (χ1) is 2.89. The van der Waals surface area contributed by atoms with Crippen LogP contribution in [0.3, 0.4) is 0 Å². The van der Waals surface area contributed by atoms with Crippen LogP contribution in [0.2, 0.25) is 0 Å². The van der Waals surface area contributed by atoms with Gasteiger partial charge in [0.2, 0.25) is 0 Å². The SMILES string of the molecule is OC1CCCC1.[K]. The van der Waals surface area contributed by atoms with E-state index in [2.05, 4.69) is 0 Å². The Morgan fingerprint density at radius 2 is 1.57 bits per heavy atom. The van der Waals surface area contributed by atoms with E-state index < -0.39 is 0 Å². The Bertz CT molecular complexity index is 41.3. The second-order valence-electron chi connectivity index (χ2n) is 1.94. The summed E-state index contributed by atoms with van der Waals surface area (Å²) >= 11 is 0. The Balaban J connectivity index is 0.000000360. The zero-order chi connectivity index (χ0) is 4.41. The van der Waals surface area contributed by atoms with Gasteiger partial charge in [-0.25, -0.2) is 0 Å². The maximum Gasteiger partial charge on any atom is 0.0540 e. The third-order valence-corrected chi connectivity index (χ3v) is 1.32.